The lowest BCUT2D eigenvalue weighted by atomic mass is 10.0. The molecule has 5 heteroatoms. The van der Waals surface area contributed by atoms with E-state index < -0.39 is 5.79 Å². The van der Waals surface area contributed by atoms with Crippen LogP contribution in [0.15, 0.2) is 36.9 Å². The number of benzene rings is 1. The minimum atomic E-state index is -0.621. The number of hydrogen-bond acceptors (Lipinski definition) is 5. The van der Waals surface area contributed by atoms with Gasteiger partial charge in [0.05, 0.1) is 26.4 Å². The van der Waals surface area contributed by atoms with Gasteiger partial charge in [-0.1, -0.05) is 18.2 Å². The van der Waals surface area contributed by atoms with Crippen LogP contribution in [0.4, 0.5) is 0 Å². The molecule has 5 nitrogen and oxygen atoms in total. The molecule has 4 atom stereocenters. The highest BCUT2D eigenvalue weighted by Gasteiger charge is 2.52. The Morgan fingerprint density at radius 3 is 2.58 bits per heavy atom. The Morgan fingerprint density at radius 2 is 2.00 bits per heavy atom. The van der Waals surface area contributed by atoms with E-state index in [0.29, 0.717) is 13.0 Å². The second kappa shape index (κ2) is 7.23. The molecule has 0 spiro atoms. The minimum Gasteiger partial charge on any atom is -0.497 e. The number of hydrogen-bond donors (Lipinski definition) is 0. The molecule has 0 N–H and O–H groups in total. The summed E-state index contributed by atoms with van der Waals surface area (Å²) in [6.07, 6.45) is 2.28. The number of ether oxygens (including phenoxy) is 5. The molecule has 0 aliphatic carbocycles. The molecular formula is C19H26O5. The maximum absolute atomic E-state index is 6.15. The maximum atomic E-state index is 6.15. The maximum Gasteiger partial charge on any atom is 0.164 e. The summed E-state index contributed by atoms with van der Waals surface area (Å²) in [6, 6.07) is 7.86. The molecular weight excluding hydrogens is 308 g/mol. The summed E-state index contributed by atoms with van der Waals surface area (Å²) in [5.74, 6) is 0.214. The first kappa shape index (κ1) is 17.4. The molecule has 0 saturated carbocycles. The average molecular weight is 334 g/mol. The molecule has 1 aromatic carbocycles. The van der Waals surface area contributed by atoms with Crippen molar-refractivity contribution in [2.45, 2.75) is 57.1 Å². The summed E-state index contributed by atoms with van der Waals surface area (Å²) in [5, 5.41) is 0. The average Bonchev–Trinajstić information content (AvgIpc) is 3.36. The first-order chi connectivity index (χ1) is 11.5. The Labute approximate surface area is 143 Å². The van der Waals surface area contributed by atoms with E-state index in [0.717, 1.165) is 17.9 Å². The summed E-state index contributed by atoms with van der Waals surface area (Å²) < 4.78 is 28.9. The van der Waals surface area contributed by atoms with Crippen molar-refractivity contribution < 1.29 is 23.7 Å². The topological polar surface area (TPSA) is 49.5 Å². The normalized spacial score (nSPS) is 29.2. The van der Waals surface area contributed by atoms with E-state index in [1.165, 1.54) is 0 Å². The van der Waals surface area contributed by atoms with Crippen molar-refractivity contribution in [3.8, 4) is 5.75 Å². The predicted molar refractivity (Wildman–Crippen MR) is 90.0 cm³/mol. The summed E-state index contributed by atoms with van der Waals surface area (Å²) in [4.78, 5) is 0. The van der Waals surface area contributed by atoms with Gasteiger partial charge in [-0.05, 0) is 38.0 Å². The fourth-order valence-electron chi connectivity index (χ4n) is 3.02. The van der Waals surface area contributed by atoms with Crippen molar-refractivity contribution in [3.05, 3.63) is 42.5 Å². The van der Waals surface area contributed by atoms with Crippen LogP contribution < -0.4 is 4.74 Å². The van der Waals surface area contributed by atoms with Crippen molar-refractivity contribution in [1.82, 2.24) is 0 Å². The van der Waals surface area contributed by atoms with Crippen LogP contribution in [0.25, 0.3) is 0 Å². The highest BCUT2D eigenvalue weighted by molar-refractivity contribution is 5.26. The number of methoxy groups -OCH3 is 1. The van der Waals surface area contributed by atoms with Gasteiger partial charge in [0, 0.05) is 0 Å². The molecule has 1 aromatic rings. The quantitative estimate of drug-likeness (QED) is 0.540. The Balaban J connectivity index is 1.65. The van der Waals surface area contributed by atoms with E-state index in [2.05, 4.69) is 6.58 Å². The molecule has 0 amide bonds. The van der Waals surface area contributed by atoms with Gasteiger partial charge in [0.1, 0.15) is 24.1 Å². The number of epoxide rings is 1. The molecule has 2 fully saturated rings. The second-order valence-electron chi connectivity index (χ2n) is 6.66. The summed E-state index contributed by atoms with van der Waals surface area (Å²) in [5.41, 5.74) is 1.09. The van der Waals surface area contributed by atoms with Crippen LogP contribution in [-0.2, 0) is 25.6 Å². The van der Waals surface area contributed by atoms with E-state index >= 15 is 0 Å². The zero-order valence-corrected chi connectivity index (χ0v) is 14.6. The van der Waals surface area contributed by atoms with Gasteiger partial charge in [-0.3, -0.25) is 0 Å². The van der Waals surface area contributed by atoms with Crippen LogP contribution in [0, 0.1) is 0 Å². The Bertz CT molecular complexity index is 549. The summed E-state index contributed by atoms with van der Waals surface area (Å²) >= 11 is 0. The van der Waals surface area contributed by atoms with Crippen LogP contribution in [0.2, 0.25) is 0 Å². The Kier molecular flexibility index (Phi) is 5.25. The van der Waals surface area contributed by atoms with Gasteiger partial charge >= 0.3 is 0 Å². The highest BCUT2D eigenvalue weighted by atomic mass is 16.8. The van der Waals surface area contributed by atoms with Crippen LogP contribution >= 0.6 is 0 Å². The molecule has 2 aliphatic heterocycles. The lowest BCUT2D eigenvalue weighted by molar-refractivity contribution is -0.160. The molecule has 132 valence electrons. The molecule has 24 heavy (non-hydrogen) atoms. The van der Waals surface area contributed by atoms with E-state index in [9.17, 15) is 0 Å². The van der Waals surface area contributed by atoms with Gasteiger partial charge in [0.2, 0.25) is 0 Å². The number of rotatable bonds is 8. The third-order valence-electron chi connectivity index (χ3n) is 4.28. The minimum absolute atomic E-state index is 0.0965. The standard InChI is InChI=1S/C19H26O5/c1-5-6-15(21-11-13-7-9-14(20-4)10-8-13)17-18(16-12-22-16)24-19(2,3)23-17/h5,7-10,15-18H,1,6,11-12H2,2-4H3/t15-,16+,17-,18-/m1/s1. The van der Waals surface area contributed by atoms with Crippen molar-refractivity contribution in [2.75, 3.05) is 13.7 Å². The predicted octanol–water partition coefficient (Wildman–Crippen LogP) is 3.08. The van der Waals surface area contributed by atoms with Gasteiger partial charge in [0.25, 0.3) is 0 Å². The lowest BCUT2D eigenvalue weighted by Gasteiger charge is -2.25. The van der Waals surface area contributed by atoms with Crippen LogP contribution in [0.3, 0.4) is 0 Å². The molecule has 0 radical (unpaired) electrons. The molecule has 0 aromatic heterocycles. The van der Waals surface area contributed by atoms with Crippen LogP contribution in [0.1, 0.15) is 25.8 Å². The zero-order valence-electron chi connectivity index (χ0n) is 14.6. The smallest absolute Gasteiger partial charge is 0.164 e. The zero-order chi connectivity index (χ0) is 17.2. The Hall–Kier alpha value is -1.40. The van der Waals surface area contributed by atoms with E-state index in [-0.39, 0.29) is 24.4 Å². The second-order valence-corrected chi connectivity index (χ2v) is 6.66. The van der Waals surface area contributed by atoms with Crippen LogP contribution in [-0.4, -0.2) is 43.9 Å². The third kappa shape index (κ3) is 4.16. The van der Waals surface area contributed by atoms with Crippen molar-refractivity contribution >= 4 is 0 Å². The molecule has 0 bridgehead atoms. The molecule has 2 heterocycles. The fourth-order valence-corrected chi connectivity index (χ4v) is 3.02. The van der Waals surface area contributed by atoms with Gasteiger partial charge in [-0.25, -0.2) is 0 Å². The molecule has 0 unspecified atom stereocenters. The van der Waals surface area contributed by atoms with Crippen LogP contribution in [0.5, 0.6) is 5.75 Å². The third-order valence-corrected chi connectivity index (χ3v) is 4.28. The Morgan fingerprint density at radius 1 is 1.29 bits per heavy atom. The summed E-state index contributed by atoms with van der Waals surface area (Å²) in [7, 11) is 1.66. The van der Waals surface area contributed by atoms with Gasteiger partial charge in [-0.2, -0.15) is 0 Å². The molecule has 3 rings (SSSR count). The SMILES string of the molecule is C=CC[C@@H](OCc1ccc(OC)cc1)[C@H]1OC(C)(C)O[C@@H]1[C@@H]1CO1. The van der Waals surface area contributed by atoms with Crippen molar-refractivity contribution in [1.29, 1.82) is 0 Å². The van der Waals surface area contributed by atoms with Gasteiger partial charge < -0.3 is 23.7 Å². The molecule has 2 aliphatic rings. The van der Waals surface area contributed by atoms with Crippen molar-refractivity contribution in [2.24, 2.45) is 0 Å². The fraction of sp³-hybridized carbons (Fsp3) is 0.579. The summed E-state index contributed by atoms with van der Waals surface area (Å²) in [6.45, 7) is 8.93. The monoisotopic (exact) mass is 334 g/mol. The van der Waals surface area contributed by atoms with Gasteiger partial charge in [0.15, 0.2) is 5.79 Å². The first-order valence-corrected chi connectivity index (χ1v) is 8.35. The molecule has 2 saturated heterocycles. The lowest BCUT2D eigenvalue weighted by Crippen LogP contribution is -2.39. The van der Waals surface area contributed by atoms with Gasteiger partial charge in [-0.15, -0.1) is 6.58 Å². The first-order valence-electron chi connectivity index (χ1n) is 8.35. The van der Waals surface area contributed by atoms with E-state index in [1.807, 2.05) is 44.2 Å². The van der Waals surface area contributed by atoms with E-state index in [1.54, 1.807) is 7.11 Å². The van der Waals surface area contributed by atoms with Crippen molar-refractivity contribution in [3.63, 3.8) is 0 Å². The highest BCUT2D eigenvalue weighted by Crippen LogP contribution is 2.37. The largest absolute Gasteiger partial charge is 0.497 e. The van der Waals surface area contributed by atoms with E-state index in [4.69, 9.17) is 23.7 Å².